The Morgan fingerprint density at radius 2 is 1.82 bits per heavy atom. The van der Waals surface area contributed by atoms with Crippen molar-refractivity contribution < 1.29 is 9.90 Å². The second-order valence-electron chi connectivity index (χ2n) is 7.25. The number of hydrogen-bond donors (Lipinski definition) is 1. The normalized spacial score (nSPS) is 13.9. The van der Waals surface area contributed by atoms with Crippen molar-refractivity contribution in [3.05, 3.63) is 82.2 Å². The summed E-state index contributed by atoms with van der Waals surface area (Å²) in [5.41, 5.74) is 6.45. The number of nitriles is 1. The summed E-state index contributed by atoms with van der Waals surface area (Å²) >= 11 is 5.78. The standard InChI is InChI=1S/C23H23ClN4O2.2C2H6/c1-16(12-25)3-8-21(9-10-24)28-17(2)20(13-26-28)11-18-4-6-19(7-5-18)23(30)27-14-22(29)15-27;2*1-2/h3-10,13,22,29H,11,14-15H2,1-2H3;2*1-2H3/b10-9+,16-3+,21-8+;;. The first-order chi connectivity index (χ1) is 16.4. The smallest absolute Gasteiger partial charge is 0.254 e. The van der Waals surface area contributed by atoms with E-state index < -0.39 is 6.10 Å². The molecule has 0 aliphatic carbocycles. The van der Waals surface area contributed by atoms with E-state index in [-0.39, 0.29) is 5.91 Å². The lowest BCUT2D eigenvalue weighted by Crippen LogP contribution is -2.53. The number of rotatable bonds is 6. The maximum atomic E-state index is 12.3. The van der Waals surface area contributed by atoms with Gasteiger partial charge >= 0.3 is 0 Å². The van der Waals surface area contributed by atoms with Gasteiger partial charge in [-0.1, -0.05) is 51.4 Å². The molecule has 1 aliphatic heterocycles. The Bertz CT molecular complexity index is 1050. The Hall–Kier alpha value is -3.14. The van der Waals surface area contributed by atoms with Crippen molar-refractivity contribution in [2.45, 2.75) is 54.1 Å². The van der Waals surface area contributed by atoms with Crippen LogP contribution in [0, 0.1) is 18.3 Å². The number of halogens is 1. The molecule has 1 fully saturated rings. The molecule has 0 atom stereocenters. The zero-order chi connectivity index (χ0) is 25.7. The van der Waals surface area contributed by atoms with E-state index in [4.69, 9.17) is 16.9 Å². The zero-order valence-electron chi connectivity index (χ0n) is 20.9. The summed E-state index contributed by atoms with van der Waals surface area (Å²) in [6, 6.07) is 9.60. The van der Waals surface area contributed by atoms with Crippen LogP contribution in [0.25, 0.3) is 5.70 Å². The Balaban J connectivity index is 0.00000137. The van der Waals surface area contributed by atoms with Gasteiger partial charge in [0.2, 0.25) is 0 Å². The van der Waals surface area contributed by atoms with Crippen LogP contribution in [0.15, 0.2) is 59.8 Å². The molecule has 0 saturated carbocycles. The highest BCUT2D eigenvalue weighted by atomic mass is 35.5. The number of amides is 1. The van der Waals surface area contributed by atoms with Crippen LogP contribution < -0.4 is 0 Å². The van der Waals surface area contributed by atoms with Crippen molar-refractivity contribution in [3.8, 4) is 6.07 Å². The quantitative estimate of drug-likeness (QED) is 0.422. The molecule has 2 heterocycles. The highest BCUT2D eigenvalue weighted by molar-refractivity contribution is 6.25. The molecule has 1 amide bonds. The van der Waals surface area contributed by atoms with Crippen LogP contribution in [0.1, 0.15) is 61.8 Å². The average molecular weight is 483 g/mol. The van der Waals surface area contributed by atoms with Crippen molar-refractivity contribution in [1.29, 1.82) is 5.26 Å². The minimum atomic E-state index is -0.403. The molecule has 0 unspecified atom stereocenters. The van der Waals surface area contributed by atoms with Crippen molar-refractivity contribution >= 4 is 23.2 Å². The Kier molecular flexibility index (Phi) is 12.7. The maximum absolute atomic E-state index is 12.3. The SMILES string of the molecule is CC.CC.C\C(C#N)=C/C=C(\C=C\Cl)n1ncc(Cc2ccc(C(=O)N3CC(O)C3)cc2)c1C. The van der Waals surface area contributed by atoms with Gasteiger partial charge in [-0.25, -0.2) is 4.68 Å². The molecule has 1 aromatic heterocycles. The van der Waals surface area contributed by atoms with E-state index in [1.54, 1.807) is 34.7 Å². The van der Waals surface area contributed by atoms with Crippen molar-refractivity contribution in [3.63, 3.8) is 0 Å². The molecule has 3 rings (SSSR count). The fraction of sp³-hybridized carbons (Fsp3) is 0.370. The van der Waals surface area contributed by atoms with Gasteiger partial charge in [0.25, 0.3) is 5.91 Å². The van der Waals surface area contributed by atoms with Gasteiger partial charge in [0.05, 0.1) is 24.1 Å². The summed E-state index contributed by atoms with van der Waals surface area (Å²) in [4.78, 5) is 14.0. The van der Waals surface area contributed by atoms with Gasteiger partial charge in [-0.2, -0.15) is 10.4 Å². The summed E-state index contributed by atoms with van der Waals surface area (Å²) in [5, 5.41) is 22.8. The fourth-order valence-corrected chi connectivity index (χ4v) is 3.30. The molecule has 34 heavy (non-hydrogen) atoms. The first-order valence-electron chi connectivity index (χ1n) is 11.6. The fourth-order valence-electron chi connectivity index (χ4n) is 3.18. The van der Waals surface area contributed by atoms with Crippen LogP contribution in [-0.2, 0) is 6.42 Å². The summed E-state index contributed by atoms with van der Waals surface area (Å²) in [6.07, 6.45) is 7.33. The minimum Gasteiger partial charge on any atom is -0.389 e. The number of aromatic nitrogens is 2. The van der Waals surface area contributed by atoms with Gasteiger partial charge in [-0.15, -0.1) is 0 Å². The lowest BCUT2D eigenvalue weighted by molar-refractivity contribution is 0.00589. The van der Waals surface area contributed by atoms with Crippen LogP contribution >= 0.6 is 11.6 Å². The van der Waals surface area contributed by atoms with E-state index in [2.05, 4.69) is 11.2 Å². The molecule has 7 heteroatoms. The van der Waals surface area contributed by atoms with Crippen LogP contribution in [0.5, 0.6) is 0 Å². The number of benzene rings is 1. The monoisotopic (exact) mass is 482 g/mol. The van der Waals surface area contributed by atoms with E-state index in [1.165, 1.54) is 5.54 Å². The second-order valence-corrected chi connectivity index (χ2v) is 7.50. The number of aliphatic hydroxyl groups is 1. The second kappa shape index (κ2) is 14.9. The topological polar surface area (TPSA) is 82.2 Å². The summed E-state index contributed by atoms with van der Waals surface area (Å²) < 4.78 is 1.78. The lowest BCUT2D eigenvalue weighted by atomic mass is 10.0. The van der Waals surface area contributed by atoms with Gasteiger partial charge in [0, 0.05) is 41.9 Å². The number of aliphatic hydroxyl groups excluding tert-OH is 1. The Morgan fingerprint density at radius 1 is 1.21 bits per heavy atom. The van der Waals surface area contributed by atoms with Gasteiger partial charge in [0.1, 0.15) is 0 Å². The highest BCUT2D eigenvalue weighted by Crippen LogP contribution is 2.20. The highest BCUT2D eigenvalue weighted by Gasteiger charge is 2.29. The third kappa shape index (κ3) is 7.72. The van der Waals surface area contributed by atoms with Gasteiger partial charge in [-0.05, 0) is 55.3 Å². The van der Waals surface area contributed by atoms with Crippen LogP contribution in [0.3, 0.4) is 0 Å². The van der Waals surface area contributed by atoms with Crippen LogP contribution in [0.2, 0.25) is 0 Å². The van der Waals surface area contributed by atoms with Crippen molar-refractivity contribution in [2.75, 3.05) is 13.1 Å². The van der Waals surface area contributed by atoms with Gasteiger partial charge in [0.15, 0.2) is 0 Å². The summed E-state index contributed by atoms with van der Waals surface area (Å²) in [6.45, 7) is 12.5. The first kappa shape index (κ1) is 28.9. The third-order valence-corrected chi connectivity index (χ3v) is 5.14. The zero-order valence-corrected chi connectivity index (χ0v) is 21.7. The molecule has 2 aromatic rings. The van der Waals surface area contributed by atoms with E-state index in [0.717, 1.165) is 22.5 Å². The predicted molar refractivity (Wildman–Crippen MR) is 139 cm³/mol. The predicted octanol–water partition coefficient (Wildman–Crippen LogP) is 5.71. The summed E-state index contributed by atoms with van der Waals surface area (Å²) in [7, 11) is 0. The van der Waals surface area contributed by atoms with E-state index in [1.807, 2.05) is 65.1 Å². The van der Waals surface area contributed by atoms with Crippen LogP contribution in [-0.4, -0.2) is 44.9 Å². The molecular weight excluding hydrogens is 448 g/mol. The molecular formula is C27H35ClN4O2. The maximum Gasteiger partial charge on any atom is 0.254 e. The molecule has 1 N–H and O–H groups in total. The molecule has 1 saturated heterocycles. The molecule has 1 aromatic carbocycles. The van der Waals surface area contributed by atoms with Crippen LogP contribution in [0.4, 0.5) is 0 Å². The number of nitrogens with zero attached hydrogens (tertiary/aromatic N) is 4. The van der Waals surface area contributed by atoms with Gasteiger partial charge < -0.3 is 10.0 Å². The largest absolute Gasteiger partial charge is 0.389 e. The third-order valence-electron chi connectivity index (χ3n) is 5.02. The molecule has 0 bridgehead atoms. The van der Waals surface area contributed by atoms with Crippen molar-refractivity contribution in [1.82, 2.24) is 14.7 Å². The molecule has 1 aliphatic rings. The van der Waals surface area contributed by atoms with E-state index in [9.17, 15) is 9.90 Å². The molecule has 0 spiro atoms. The number of carbonyl (C=O) groups is 1. The lowest BCUT2D eigenvalue weighted by Gasteiger charge is -2.35. The first-order valence-corrected chi connectivity index (χ1v) is 12.0. The number of β-amino-alcohol motifs (C(OH)–C–C–N with tert-alkyl or cyclic N) is 1. The Labute approximate surface area is 208 Å². The average Bonchev–Trinajstić information content (AvgIpc) is 3.21. The molecule has 6 nitrogen and oxygen atoms in total. The van der Waals surface area contributed by atoms with E-state index in [0.29, 0.717) is 30.6 Å². The number of carbonyl (C=O) groups excluding carboxylic acids is 1. The van der Waals surface area contributed by atoms with E-state index >= 15 is 0 Å². The molecule has 0 radical (unpaired) electrons. The van der Waals surface area contributed by atoms with Gasteiger partial charge in [-0.3, -0.25) is 4.79 Å². The van der Waals surface area contributed by atoms with Crippen molar-refractivity contribution in [2.24, 2.45) is 0 Å². The Morgan fingerprint density at radius 3 is 2.35 bits per heavy atom. The minimum absolute atomic E-state index is 0.0563. The number of likely N-dealkylation sites (tertiary alicyclic amines) is 1. The summed E-state index contributed by atoms with van der Waals surface area (Å²) in [5.74, 6) is -0.0563. The number of hydrogen-bond acceptors (Lipinski definition) is 4. The number of allylic oxidation sites excluding steroid dienone is 5. The molecule has 182 valence electrons.